The predicted octanol–water partition coefficient (Wildman–Crippen LogP) is 4.35. The monoisotopic (exact) mass is 421 g/mol. The van der Waals surface area contributed by atoms with Crippen molar-refractivity contribution < 1.29 is 23.1 Å². The van der Waals surface area contributed by atoms with Gasteiger partial charge in [0.15, 0.2) is 15.6 Å². The molecule has 2 atom stereocenters. The van der Waals surface area contributed by atoms with Crippen LogP contribution < -0.4 is 0 Å². The third-order valence-electron chi connectivity index (χ3n) is 6.17. The quantitative estimate of drug-likeness (QED) is 0.705. The Balaban J connectivity index is 2.28. The largest absolute Gasteiger partial charge is 0.497 e. The van der Waals surface area contributed by atoms with E-state index >= 15 is 0 Å². The number of hydrogen-bond donors (Lipinski definition) is 1. The Kier molecular flexibility index (Phi) is 6.29. The Hall–Kier alpha value is -1.99. The van der Waals surface area contributed by atoms with Crippen LogP contribution in [0.4, 0.5) is 0 Å². The summed E-state index contributed by atoms with van der Waals surface area (Å²) in [7, 11) is -0.735. The van der Waals surface area contributed by atoms with E-state index in [0.717, 1.165) is 18.4 Å². The summed E-state index contributed by atoms with van der Waals surface area (Å²) >= 11 is 0. The average molecular weight is 422 g/mol. The summed E-state index contributed by atoms with van der Waals surface area (Å²) in [6.45, 7) is 4.01. The zero-order valence-corrected chi connectivity index (χ0v) is 18.5. The molecule has 0 aromatic heterocycles. The number of methoxy groups -OCH3 is 2. The van der Waals surface area contributed by atoms with Crippen molar-refractivity contribution in [2.45, 2.75) is 57.4 Å². The molecule has 1 heterocycles. The molecule has 2 aliphatic rings. The Morgan fingerprint density at radius 3 is 2.41 bits per heavy atom. The first-order valence-electron chi connectivity index (χ1n) is 10.2. The van der Waals surface area contributed by atoms with Crippen molar-refractivity contribution in [1.29, 1.82) is 0 Å². The van der Waals surface area contributed by atoms with Crippen molar-refractivity contribution in [1.82, 2.24) is 5.06 Å². The fraction of sp³-hybridized carbons (Fsp3) is 0.545. The highest BCUT2D eigenvalue weighted by atomic mass is 32.2. The van der Waals surface area contributed by atoms with Gasteiger partial charge in [0.05, 0.1) is 31.2 Å². The maximum atomic E-state index is 13.5. The molecule has 1 aliphatic carbocycles. The van der Waals surface area contributed by atoms with Gasteiger partial charge in [0, 0.05) is 12.3 Å². The van der Waals surface area contributed by atoms with Gasteiger partial charge >= 0.3 is 0 Å². The number of sulfone groups is 1. The fourth-order valence-electron chi connectivity index (χ4n) is 4.52. The van der Waals surface area contributed by atoms with Crippen LogP contribution in [0.2, 0.25) is 0 Å². The van der Waals surface area contributed by atoms with Crippen LogP contribution in [0.5, 0.6) is 0 Å². The summed E-state index contributed by atoms with van der Waals surface area (Å²) in [6.07, 6.45) is 3.33. The van der Waals surface area contributed by atoms with E-state index < -0.39 is 15.4 Å². The summed E-state index contributed by atoms with van der Waals surface area (Å²) in [5.74, 6) is 0.202. The Morgan fingerprint density at radius 2 is 1.86 bits per heavy atom. The molecule has 29 heavy (non-hydrogen) atoms. The molecule has 3 rings (SSSR count). The lowest BCUT2D eigenvalue weighted by molar-refractivity contribution is -0.147. The molecule has 1 aromatic carbocycles. The van der Waals surface area contributed by atoms with E-state index in [4.69, 9.17) is 9.47 Å². The van der Waals surface area contributed by atoms with Crippen molar-refractivity contribution in [3.8, 4) is 0 Å². The van der Waals surface area contributed by atoms with E-state index in [1.54, 1.807) is 0 Å². The number of hydrogen-bond acceptors (Lipinski definition) is 6. The van der Waals surface area contributed by atoms with Gasteiger partial charge in [-0.2, -0.15) is 0 Å². The lowest BCUT2D eigenvalue weighted by Gasteiger charge is -2.48. The van der Waals surface area contributed by atoms with Gasteiger partial charge < -0.3 is 9.47 Å². The maximum Gasteiger partial charge on any atom is 0.186 e. The molecule has 0 fully saturated rings. The molecular weight excluding hydrogens is 390 g/mol. The third-order valence-corrected chi connectivity index (χ3v) is 8.10. The second-order valence-corrected chi connectivity index (χ2v) is 9.72. The molecule has 0 spiro atoms. The number of unbranched alkanes of at least 4 members (excludes halogenated alkanes) is 1. The van der Waals surface area contributed by atoms with E-state index in [1.165, 1.54) is 19.3 Å². The molecule has 7 heteroatoms. The summed E-state index contributed by atoms with van der Waals surface area (Å²) in [5.41, 5.74) is 0.490. The molecule has 1 aliphatic heterocycles. The highest BCUT2D eigenvalue weighted by molar-refractivity contribution is 7.95. The van der Waals surface area contributed by atoms with E-state index in [2.05, 4.69) is 6.92 Å². The highest BCUT2D eigenvalue weighted by Gasteiger charge is 2.52. The van der Waals surface area contributed by atoms with Gasteiger partial charge in [-0.25, -0.2) is 8.42 Å². The highest BCUT2D eigenvalue weighted by Crippen LogP contribution is 2.50. The van der Waals surface area contributed by atoms with Crippen LogP contribution in [-0.4, -0.2) is 44.2 Å². The van der Waals surface area contributed by atoms with Crippen LogP contribution in [0.3, 0.4) is 0 Å². The van der Waals surface area contributed by atoms with Crippen molar-refractivity contribution in [3.63, 3.8) is 0 Å². The normalized spacial score (nSPS) is 26.4. The Bertz CT molecular complexity index is 906. The zero-order chi connectivity index (χ0) is 21.2. The minimum Gasteiger partial charge on any atom is -0.497 e. The van der Waals surface area contributed by atoms with Crippen molar-refractivity contribution >= 4 is 9.84 Å². The zero-order valence-electron chi connectivity index (χ0n) is 17.6. The van der Waals surface area contributed by atoms with Gasteiger partial charge in [0.25, 0.3) is 0 Å². The van der Waals surface area contributed by atoms with Crippen LogP contribution in [0.25, 0.3) is 0 Å². The van der Waals surface area contributed by atoms with E-state index in [0.29, 0.717) is 30.7 Å². The molecule has 2 unspecified atom stereocenters. The number of ether oxygens (including phenoxy) is 2. The van der Waals surface area contributed by atoms with Gasteiger partial charge in [-0.15, -0.1) is 0 Å². The van der Waals surface area contributed by atoms with Crippen LogP contribution >= 0.6 is 0 Å². The van der Waals surface area contributed by atoms with E-state index in [1.807, 2.05) is 37.3 Å². The molecule has 0 radical (unpaired) electrons. The summed E-state index contributed by atoms with van der Waals surface area (Å²) < 4.78 is 38.1. The van der Waals surface area contributed by atoms with Crippen LogP contribution in [0, 0.1) is 0 Å². The lowest BCUT2D eigenvalue weighted by atomic mass is 9.83. The van der Waals surface area contributed by atoms with Crippen LogP contribution in [-0.2, 0) is 19.3 Å². The number of rotatable bonds is 7. The molecule has 0 bridgehead atoms. The van der Waals surface area contributed by atoms with Gasteiger partial charge in [-0.3, -0.25) is 10.3 Å². The number of allylic oxidation sites excluding steroid dienone is 2. The molecule has 0 amide bonds. The molecular formula is C22H31NO5S. The summed E-state index contributed by atoms with van der Waals surface area (Å²) in [5, 5.41) is 12.7. The second kappa shape index (κ2) is 8.40. The topological polar surface area (TPSA) is 76.1 Å². The number of nitrogens with zero attached hydrogens (tertiary/aromatic N) is 1. The molecule has 0 saturated carbocycles. The van der Waals surface area contributed by atoms with Crippen LogP contribution in [0.1, 0.15) is 57.4 Å². The van der Waals surface area contributed by atoms with Crippen molar-refractivity contribution in [2.75, 3.05) is 20.0 Å². The minimum absolute atomic E-state index is 0.0556. The van der Waals surface area contributed by atoms with Gasteiger partial charge in [-0.1, -0.05) is 57.0 Å². The van der Waals surface area contributed by atoms with Gasteiger partial charge in [-0.05, 0) is 18.4 Å². The smallest absolute Gasteiger partial charge is 0.186 e. The Labute approximate surface area is 173 Å². The first-order valence-corrected chi connectivity index (χ1v) is 11.8. The first kappa shape index (κ1) is 21.7. The predicted molar refractivity (Wildman–Crippen MR) is 112 cm³/mol. The van der Waals surface area contributed by atoms with E-state index in [9.17, 15) is 13.6 Å². The third kappa shape index (κ3) is 3.66. The molecule has 6 nitrogen and oxygen atoms in total. The summed E-state index contributed by atoms with van der Waals surface area (Å²) in [4.78, 5) is 0.0556. The SMILES string of the molecule is CCCCC1(CC)CS(=O)(=O)C2=C(C(c3ccccc3)CC(OC)=C2OC)N1O. The Morgan fingerprint density at radius 1 is 1.17 bits per heavy atom. The summed E-state index contributed by atoms with van der Waals surface area (Å²) in [6, 6.07) is 9.66. The minimum atomic E-state index is -3.70. The lowest BCUT2D eigenvalue weighted by Crippen LogP contribution is -2.56. The average Bonchev–Trinajstić information content (AvgIpc) is 2.74. The first-order chi connectivity index (χ1) is 13.8. The van der Waals surface area contributed by atoms with E-state index in [-0.39, 0.29) is 22.3 Å². The molecule has 0 saturated heterocycles. The van der Waals surface area contributed by atoms with Crippen molar-refractivity contribution in [2.24, 2.45) is 0 Å². The number of benzene rings is 1. The van der Waals surface area contributed by atoms with Crippen LogP contribution in [0.15, 0.2) is 52.5 Å². The number of hydroxylamine groups is 2. The molecule has 160 valence electrons. The second-order valence-electron chi connectivity index (χ2n) is 7.79. The van der Waals surface area contributed by atoms with Gasteiger partial charge in [0.2, 0.25) is 0 Å². The molecule has 1 aromatic rings. The van der Waals surface area contributed by atoms with Gasteiger partial charge in [0.1, 0.15) is 10.7 Å². The van der Waals surface area contributed by atoms with Crippen molar-refractivity contribution in [3.05, 3.63) is 58.0 Å². The molecule has 1 N–H and O–H groups in total. The fourth-order valence-corrected chi connectivity index (χ4v) is 6.87. The standard InChI is InChI=1S/C22H31NO5S/c1-5-7-13-22(6-2)15-29(25,26)21-19(23(22)24)17(16-11-9-8-10-12-16)14-18(27-3)20(21)28-4/h8-12,17,24H,5-7,13-15H2,1-4H3. The maximum absolute atomic E-state index is 13.5.